The maximum Gasteiger partial charge on any atom is 0.264 e. The molecule has 11 atom stereocenters. The fourth-order valence-electron chi connectivity index (χ4n) is 8.67. The van der Waals surface area contributed by atoms with Crippen LogP contribution in [0.5, 0.6) is 0 Å². The minimum atomic E-state index is -3.99. The summed E-state index contributed by atoms with van der Waals surface area (Å²) in [5.41, 5.74) is -0.279. The second-order valence-corrected chi connectivity index (χ2v) is 13.1. The van der Waals surface area contributed by atoms with Crippen molar-refractivity contribution < 1.29 is 28.3 Å². The Morgan fingerprint density at radius 3 is 2.37 bits per heavy atom. The normalized spacial score (nSPS) is 52.2. The van der Waals surface area contributed by atoms with E-state index in [1.165, 1.54) is 0 Å². The summed E-state index contributed by atoms with van der Waals surface area (Å²) in [5, 5.41) is 32.9. The van der Waals surface area contributed by atoms with Crippen LogP contribution in [0, 0.1) is 46.3 Å². The van der Waals surface area contributed by atoms with Crippen LogP contribution in [0.1, 0.15) is 72.1 Å². The van der Waals surface area contributed by atoms with Gasteiger partial charge in [-0.05, 0) is 97.7 Å². The number of hydrogen-bond acceptors (Lipinski definition) is 5. The lowest BCUT2D eigenvalue weighted by molar-refractivity contribution is -0.206. The van der Waals surface area contributed by atoms with Crippen molar-refractivity contribution in [3.05, 3.63) is 0 Å². The zero-order chi connectivity index (χ0) is 22.1. The van der Waals surface area contributed by atoms with Crippen LogP contribution >= 0.6 is 0 Å². The molecule has 0 aromatic carbocycles. The fourth-order valence-corrected chi connectivity index (χ4v) is 9.34. The smallest absolute Gasteiger partial charge is 0.264 e. The zero-order valence-electron chi connectivity index (χ0n) is 18.6. The predicted octanol–water partition coefficient (Wildman–Crippen LogP) is 2.86. The van der Waals surface area contributed by atoms with Gasteiger partial charge in [0.15, 0.2) is 0 Å². The molecule has 4 fully saturated rings. The largest absolute Gasteiger partial charge is 0.393 e. The Morgan fingerprint density at radius 1 is 1.00 bits per heavy atom. The molecule has 0 spiro atoms. The van der Waals surface area contributed by atoms with Crippen LogP contribution in [-0.2, 0) is 10.1 Å². The van der Waals surface area contributed by atoms with Gasteiger partial charge in [0.1, 0.15) is 0 Å². The van der Waals surface area contributed by atoms with E-state index in [1.807, 2.05) is 6.92 Å². The zero-order valence-corrected chi connectivity index (χ0v) is 19.4. The first kappa shape index (κ1) is 23.0. The van der Waals surface area contributed by atoms with E-state index in [1.54, 1.807) is 0 Å². The first-order valence-corrected chi connectivity index (χ1v) is 13.5. The Morgan fingerprint density at radius 2 is 1.70 bits per heavy atom. The van der Waals surface area contributed by atoms with Gasteiger partial charge in [-0.2, -0.15) is 8.42 Å². The quantitative estimate of drug-likeness (QED) is 0.496. The molecule has 7 heteroatoms. The molecule has 0 bridgehead atoms. The molecule has 4 saturated carbocycles. The van der Waals surface area contributed by atoms with Gasteiger partial charge in [-0.1, -0.05) is 20.8 Å². The summed E-state index contributed by atoms with van der Waals surface area (Å²) in [6.45, 7) is 6.52. The second-order valence-electron chi connectivity index (χ2n) is 11.6. The standard InChI is InChI=1S/C23H40O6S/c1-13(7-9-30(27,28)29)16-4-5-17-21-18(12-20(26)23(16,17)3)22(2)8-6-15(24)10-14(22)11-19(21)25/h13-21,24-26H,4-12H2,1-3H3,(H,27,28,29). The van der Waals surface area contributed by atoms with E-state index in [0.717, 1.165) is 38.5 Å². The molecular weight excluding hydrogens is 404 g/mol. The van der Waals surface area contributed by atoms with E-state index >= 15 is 0 Å². The topological polar surface area (TPSA) is 115 Å². The molecule has 0 saturated heterocycles. The van der Waals surface area contributed by atoms with Crippen LogP contribution < -0.4 is 0 Å². The van der Waals surface area contributed by atoms with Gasteiger partial charge in [0.05, 0.1) is 24.1 Å². The van der Waals surface area contributed by atoms with Gasteiger partial charge in [0, 0.05) is 0 Å². The lowest BCUT2D eigenvalue weighted by Crippen LogP contribution is -2.62. The summed E-state index contributed by atoms with van der Waals surface area (Å²) < 4.78 is 31.7. The van der Waals surface area contributed by atoms with Gasteiger partial charge >= 0.3 is 0 Å². The minimum Gasteiger partial charge on any atom is -0.393 e. The van der Waals surface area contributed by atoms with Crippen LogP contribution in [0.25, 0.3) is 0 Å². The maximum atomic E-state index is 11.5. The second kappa shape index (κ2) is 7.68. The molecule has 6 nitrogen and oxygen atoms in total. The molecule has 4 N–H and O–H groups in total. The highest BCUT2D eigenvalue weighted by Gasteiger charge is 2.65. The molecule has 4 rings (SSSR count). The predicted molar refractivity (Wildman–Crippen MR) is 114 cm³/mol. The fraction of sp³-hybridized carbons (Fsp3) is 1.00. The monoisotopic (exact) mass is 444 g/mol. The van der Waals surface area contributed by atoms with Crippen LogP contribution in [0.4, 0.5) is 0 Å². The van der Waals surface area contributed by atoms with Gasteiger partial charge in [-0.15, -0.1) is 0 Å². The molecule has 174 valence electrons. The van der Waals surface area contributed by atoms with Crippen LogP contribution in [0.2, 0.25) is 0 Å². The molecule has 0 heterocycles. The molecule has 0 radical (unpaired) electrons. The summed E-state index contributed by atoms with van der Waals surface area (Å²) in [6, 6.07) is 0. The van der Waals surface area contributed by atoms with E-state index in [0.29, 0.717) is 18.8 Å². The van der Waals surface area contributed by atoms with Crippen molar-refractivity contribution in [2.24, 2.45) is 46.3 Å². The molecule has 11 unspecified atom stereocenters. The maximum absolute atomic E-state index is 11.5. The van der Waals surface area contributed by atoms with E-state index < -0.39 is 22.3 Å². The van der Waals surface area contributed by atoms with Crippen LogP contribution in [0.3, 0.4) is 0 Å². The highest BCUT2D eigenvalue weighted by Crippen LogP contribution is 2.68. The van der Waals surface area contributed by atoms with Crippen molar-refractivity contribution in [3.63, 3.8) is 0 Å². The van der Waals surface area contributed by atoms with E-state index in [-0.39, 0.29) is 52.3 Å². The van der Waals surface area contributed by atoms with Crippen molar-refractivity contribution in [1.82, 2.24) is 0 Å². The van der Waals surface area contributed by atoms with E-state index in [9.17, 15) is 28.3 Å². The van der Waals surface area contributed by atoms with E-state index in [4.69, 9.17) is 0 Å². The molecule has 0 aliphatic heterocycles. The van der Waals surface area contributed by atoms with Gasteiger partial charge in [0.25, 0.3) is 10.1 Å². The molecule has 30 heavy (non-hydrogen) atoms. The van der Waals surface area contributed by atoms with Crippen molar-refractivity contribution in [1.29, 1.82) is 0 Å². The summed E-state index contributed by atoms with van der Waals surface area (Å²) in [5.74, 6) is 0.989. The van der Waals surface area contributed by atoms with Crippen molar-refractivity contribution >= 4 is 10.1 Å². The SMILES string of the molecule is CC(CCS(=O)(=O)O)C1CCC2C3C(O)CC4CC(O)CCC4(C)C3CC(O)C12C. The van der Waals surface area contributed by atoms with Crippen LogP contribution in [-0.4, -0.2) is 52.4 Å². The average molecular weight is 445 g/mol. The highest BCUT2D eigenvalue weighted by molar-refractivity contribution is 7.85. The van der Waals surface area contributed by atoms with Gasteiger partial charge in [0.2, 0.25) is 0 Å². The lowest BCUT2D eigenvalue weighted by Gasteiger charge is -2.63. The number of hydrogen-bond donors (Lipinski definition) is 4. The van der Waals surface area contributed by atoms with Gasteiger partial charge < -0.3 is 15.3 Å². The molecule has 0 aromatic rings. The Balaban J connectivity index is 1.60. The molecule has 4 aliphatic rings. The molecule has 0 amide bonds. The first-order chi connectivity index (χ1) is 13.9. The van der Waals surface area contributed by atoms with Crippen LogP contribution in [0.15, 0.2) is 0 Å². The highest BCUT2D eigenvalue weighted by atomic mass is 32.2. The third kappa shape index (κ3) is 3.57. The summed E-state index contributed by atoms with van der Waals surface area (Å²) in [7, 11) is -3.99. The minimum absolute atomic E-state index is 0.0557. The lowest BCUT2D eigenvalue weighted by atomic mass is 9.43. The van der Waals surface area contributed by atoms with Gasteiger partial charge in [-0.25, -0.2) is 0 Å². The average Bonchev–Trinajstić information content (AvgIpc) is 3.00. The van der Waals surface area contributed by atoms with Crippen molar-refractivity contribution in [3.8, 4) is 0 Å². The summed E-state index contributed by atoms with van der Waals surface area (Å²) in [6.07, 6.45) is 5.06. The number of aliphatic hydroxyl groups excluding tert-OH is 3. The Kier molecular flexibility index (Phi) is 5.88. The summed E-state index contributed by atoms with van der Waals surface area (Å²) in [4.78, 5) is 0. The number of aliphatic hydroxyl groups is 3. The Bertz CT molecular complexity index is 755. The Labute approximate surface area is 181 Å². The third-order valence-corrected chi connectivity index (χ3v) is 11.1. The Hall–Kier alpha value is -0.210. The number of fused-ring (bicyclic) bond motifs is 5. The first-order valence-electron chi connectivity index (χ1n) is 11.9. The third-order valence-electron chi connectivity index (χ3n) is 10.4. The number of rotatable bonds is 4. The molecular formula is C23H40O6S. The summed E-state index contributed by atoms with van der Waals surface area (Å²) >= 11 is 0. The molecule has 4 aliphatic carbocycles. The van der Waals surface area contributed by atoms with E-state index in [2.05, 4.69) is 13.8 Å². The van der Waals surface area contributed by atoms with Crippen molar-refractivity contribution in [2.45, 2.75) is 90.4 Å². The van der Waals surface area contributed by atoms with Gasteiger partial charge in [-0.3, -0.25) is 4.55 Å². The molecule has 0 aromatic heterocycles. The van der Waals surface area contributed by atoms with Crippen molar-refractivity contribution in [2.75, 3.05) is 5.75 Å².